The van der Waals surface area contributed by atoms with Crippen LogP contribution >= 0.6 is 0 Å². The first-order valence-electron chi connectivity index (χ1n) is 10.4. The number of benzene rings is 3. The summed E-state index contributed by atoms with van der Waals surface area (Å²) in [6.07, 6.45) is 4.67. The third-order valence-electron chi connectivity index (χ3n) is 5.59. The molecular weight excluding hydrogens is 384 g/mol. The predicted octanol–water partition coefficient (Wildman–Crippen LogP) is 4.91. The molecule has 5 nitrogen and oxygen atoms in total. The zero-order chi connectivity index (χ0) is 21.0. The summed E-state index contributed by atoms with van der Waals surface area (Å²) < 4.78 is 8.33. The number of nitrogens with zero attached hydrogens (tertiary/aromatic N) is 3. The van der Waals surface area contributed by atoms with Crippen molar-refractivity contribution in [1.82, 2.24) is 14.9 Å². The highest BCUT2D eigenvalue weighted by molar-refractivity contribution is 5.69. The first-order valence-corrected chi connectivity index (χ1v) is 10.4. The van der Waals surface area contributed by atoms with Gasteiger partial charge in [-0.2, -0.15) is 5.26 Å². The molecule has 1 aromatic heterocycles. The predicted molar refractivity (Wildman–Crippen MR) is 120 cm³/mol. The fraction of sp³-hybridized carbons (Fsp3) is 0.154. The minimum absolute atomic E-state index is 0.517. The van der Waals surface area contributed by atoms with E-state index in [0.717, 1.165) is 42.1 Å². The van der Waals surface area contributed by atoms with Gasteiger partial charge in [0.05, 0.1) is 17.6 Å². The maximum atomic E-state index is 9.58. The highest BCUT2D eigenvalue weighted by Crippen LogP contribution is 2.31. The van der Waals surface area contributed by atoms with E-state index >= 15 is 0 Å². The van der Waals surface area contributed by atoms with Crippen LogP contribution in [0.2, 0.25) is 0 Å². The molecule has 5 heteroatoms. The number of ether oxygens (including phenoxy) is 1. The lowest BCUT2D eigenvalue weighted by atomic mass is 9.97. The first-order chi connectivity index (χ1) is 15.3. The number of rotatable bonds is 0. The Labute approximate surface area is 181 Å². The average molecular weight is 406 g/mol. The van der Waals surface area contributed by atoms with Gasteiger partial charge in [-0.3, -0.25) is 0 Å². The van der Waals surface area contributed by atoms with E-state index in [-0.39, 0.29) is 0 Å². The summed E-state index contributed by atoms with van der Waals surface area (Å²) in [5.41, 5.74) is 6.28. The van der Waals surface area contributed by atoms with Crippen molar-refractivity contribution in [2.75, 3.05) is 6.54 Å². The van der Waals surface area contributed by atoms with Gasteiger partial charge in [-0.1, -0.05) is 42.5 Å². The van der Waals surface area contributed by atoms with Crippen LogP contribution in [0.4, 0.5) is 0 Å². The molecule has 0 radical (unpaired) electrons. The second-order valence-electron chi connectivity index (χ2n) is 7.67. The summed E-state index contributed by atoms with van der Waals surface area (Å²) in [5.74, 6) is 1.28. The van der Waals surface area contributed by atoms with Crippen LogP contribution in [-0.2, 0) is 19.5 Å². The molecule has 0 saturated carbocycles. The molecule has 4 aromatic rings. The van der Waals surface area contributed by atoms with Crippen LogP contribution in [0.1, 0.15) is 22.4 Å². The van der Waals surface area contributed by atoms with Gasteiger partial charge in [0.15, 0.2) is 0 Å². The van der Waals surface area contributed by atoms with Gasteiger partial charge in [-0.15, -0.1) is 0 Å². The van der Waals surface area contributed by atoms with Crippen molar-refractivity contribution in [2.45, 2.75) is 19.5 Å². The molecule has 0 atom stereocenters. The van der Waals surface area contributed by atoms with Gasteiger partial charge < -0.3 is 14.6 Å². The summed E-state index contributed by atoms with van der Waals surface area (Å²) >= 11 is 0. The fourth-order valence-corrected chi connectivity index (χ4v) is 3.99. The molecule has 0 fully saturated rings. The smallest absolute Gasteiger partial charge is 0.145 e. The summed E-state index contributed by atoms with van der Waals surface area (Å²) in [5, 5.41) is 13.1. The van der Waals surface area contributed by atoms with E-state index in [1.807, 2.05) is 48.9 Å². The lowest BCUT2D eigenvalue weighted by molar-refractivity contribution is 0.480. The Kier molecular flexibility index (Phi) is 5.22. The molecule has 1 aliphatic rings. The second-order valence-corrected chi connectivity index (χ2v) is 7.67. The average Bonchev–Trinajstić information content (AvgIpc) is 3.24. The molecule has 1 aliphatic heterocycles. The number of nitrogens with one attached hydrogen (secondary N) is 1. The molecule has 0 aliphatic carbocycles. The Morgan fingerprint density at radius 3 is 2.90 bits per heavy atom. The first kappa shape index (κ1) is 19.1. The van der Waals surface area contributed by atoms with Gasteiger partial charge in [-0.05, 0) is 59.5 Å². The van der Waals surface area contributed by atoms with Crippen LogP contribution in [-0.4, -0.2) is 16.1 Å². The largest absolute Gasteiger partial charge is 0.456 e. The molecule has 1 N–H and O–H groups in total. The molecule has 0 saturated heterocycles. The van der Waals surface area contributed by atoms with Crippen molar-refractivity contribution in [3.05, 3.63) is 102 Å². The summed E-state index contributed by atoms with van der Waals surface area (Å²) in [6.45, 7) is 2.29. The van der Waals surface area contributed by atoms with Crippen molar-refractivity contribution in [3.8, 4) is 28.7 Å². The second kappa shape index (κ2) is 8.47. The van der Waals surface area contributed by atoms with Crippen molar-refractivity contribution >= 4 is 0 Å². The molecule has 3 aromatic carbocycles. The molecule has 0 spiro atoms. The number of fused-ring (bicyclic) bond motifs is 7. The van der Waals surface area contributed by atoms with Crippen LogP contribution in [0, 0.1) is 11.3 Å². The van der Waals surface area contributed by atoms with Gasteiger partial charge in [0.2, 0.25) is 0 Å². The zero-order valence-corrected chi connectivity index (χ0v) is 17.1. The SMILES string of the molecule is N#Cc1ccc2cc1Oc1cccc(c1)-c1ccccc1CCNCc1cncn1C2. The number of imidazole rings is 1. The van der Waals surface area contributed by atoms with E-state index in [2.05, 4.69) is 51.3 Å². The van der Waals surface area contributed by atoms with Gasteiger partial charge >= 0.3 is 0 Å². The number of hydrogen-bond acceptors (Lipinski definition) is 4. The fourth-order valence-electron chi connectivity index (χ4n) is 3.99. The van der Waals surface area contributed by atoms with Gasteiger partial charge in [0.25, 0.3) is 0 Å². The standard InChI is InChI=1S/C26H22N4O/c27-14-22-9-8-19-12-26(22)31-24-6-3-5-21(13-24)25-7-2-1-4-20(25)10-11-28-15-23-16-29-18-30(23)17-19/h1-9,12-13,16,18,28H,10-11,15,17H2. The lowest BCUT2D eigenvalue weighted by Crippen LogP contribution is -2.19. The Morgan fingerprint density at radius 2 is 1.97 bits per heavy atom. The van der Waals surface area contributed by atoms with Crippen LogP contribution < -0.4 is 10.1 Å². The highest BCUT2D eigenvalue weighted by Gasteiger charge is 2.11. The monoisotopic (exact) mass is 406 g/mol. The summed E-state index contributed by atoms with van der Waals surface area (Å²) in [4.78, 5) is 4.33. The quantitative estimate of drug-likeness (QED) is 0.451. The van der Waals surface area contributed by atoms with Crippen LogP contribution in [0.3, 0.4) is 0 Å². The van der Waals surface area contributed by atoms with Gasteiger partial charge in [0, 0.05) is 19.3 Å². The van der Waals surface area contributed by atoms with Gasteiger partial charge in [-0.25, -0.2) is 4.98 Å². The van der Waals surface area contributed by atoms with Crippen molar-refractivity contribution in [2.24, 2.45) is 0 Å². The van der Waals surface area contributed by atoms with E-state index < -0.39 is 0 Å². The Hall–Kier alpha value is -3.88. The Balaban J connectivity index is 1.60. The third kappa shape index (κ3) is 4.07. The van der Waals surface area contributed by atoms with E-state index in [1.165, 1.54) is 11.1 Å². The molecule has 4 bridgehead atoms. The maximum Gasteiger partial charge on any atom is 0.145 e. The molecule has 31 heavy (non-hydrogen) atoms. The summed E-state index contributed by atoms with van der Waals surface area (Å²) in [6, 6.07) is 24.5. The molecule has 152 valence electrons. The lowest BCUT2D eigenvalue weighted by Gasteiger charge is -2.15. The molecule has 0 unspecified atom stereocenters. The minimum atomic E-state index is 0.517. The molecular formula is C26H22N4O. The number of aromatic nitrogens is 2. The van der Waals surface area contributed by atoms with Crippen LogP contribution in [0.5, 0.6) is 11.5 Å². The number of hydrogen-bond donors (Lipinski definition) is 1. The summed E-state index contributed by atoms with van der Waals surface area (Å²) in [7, 11) is 0. The van der Waals surface area contributed by atoms with Gasteiger partial charge in [0.1, 0.15) is 17.6 Å². The van der Waals surface area contributed by atoms with Crippen molar-refractivity contribution in [1.29, 1.82) is 5.26 Å². The highest BCUT2D eigenvalue weighted by atomic mass is 16.5. The molecule has 2 heterocycles. The topological polar surface area (TPSA) is 62.9 Å². The van der Waals surface area contributed by atoms with E-state index in [0.29, 0.717) is 17.9 Å². The third-order valence-corrected chi connectivity index (χ3v) is 5.59. The van der Waals surface area contributed by atoms with Crippen LogP contribution in [0.25, 0.3) is 11.1 Å². The molecule has 5 rings (SSSR count). The number of nitriles is 1. The van der Waals surface area contributed by atoms with Crippen LogP contribution in [0.15, 0.2) is 79.3 Å². The molecule has 0 amide bonds. The Bertz CT molecular complexity index is 1270. The Morgan fingerprint density at radius 1 is 1.03 bits per heavy atom. The normalized spacial score (nSPS) is 13.4. The maximum absolute atomic E-state index is 9.58. The van der Waals surface area contributed by atoms with E-state index in [4.69, 9.17) is 4.74 Å². The minimum Gasteiger partial charge on any atom is -0.456 e. The zero-order valence-electron chi connectivity index (χ0n) is 17.1. The van der Waals surface area contributed by atoms with E-state index in [9.17, 15) is 5.26 Å². The van der Waals surface area contributed by atoms with E-state index in [1.54, 1.807) is 0 Å². The van der Waals surface area contributed by atoms with Crippen molar-refractivity contribution in [3.63, 3.8) is 0 Å². The van der Waals surface area contributed by atoms with Crippen molar-refractivity contribution < 1.29 is 4.74 Å².